The van der Waals surface area contributed by atoms with Crippen molar-refractivity contribution in [3.63, 3.8) is 0 Å². The molecule has 2 aliphatic rings. The normalized spacial score (nSPS) is 25.1. The van der Waals surface area contributed by atoms with E-state index in [0.29, 0.717) is 17.9 Å². The van der Waals surface area contributed by atoms with Gasteiger partial charge in [-0.1, -0.05) is 36.4 Å². The van der Waals surface area contributed by atoms with Crippen LogP contribution in [0, 0.1) is 5.92 Å². The Morgan fingerprint density at radius 3 is 2.52 bits per heavy atom. The molecule has 0 bridgehead atoms. The van der Waals surface area contributed by atoms with Crippen molar-refractivity contribution in [2.75, 3.05) is 14.2 Å². The van der Waals surface area contributed by atoms with Crippen LogP contribution in [0.2, 0.25) is 0 Å². The number of likely N-dealkylation sites (N-methyl/N-ethyl adjacent to an activating group) is 1. The number of hydroxylamine groups is 2. The minimum atomic E-state index is -0.847. The standard InChI is InChI=1S/C20H20N2O5/c1-21-19(24)16-17(13-8-9-15(26-2)14(23)10-13)22(27-18(16)20(21)25)11-12-6-4-3-5-7-12/h3-10,16-18,23H,11H2,1-2H3. The summed E-state index contributed by atoms with van der Waals surface area (Å²) in [6.45, 7) is 0.412. The van der Waals surface area contributed by atoms with E-state index in [2.05, 4.69) is 0 Å². The van der Waals surface area contributed by atoms with Gasteiger partial charge < -0.3 is 9.84 Å². The van der Waals surface area contributed by atoms with Crippen LogP contribution >= 0.6 is 0 Å². The van der Waals surface area contributed by atoms with Gasteiger partial charge in [-0.15, -0.1) is 0 Å². The second kappa shape index (κ2) is 6.68. The minimum Gasteiger partial charge on any atom is -0.504 e. The number of carbonyl (C=O) groups is 2. The zero-order chi connectivity index (χ0) is 19.1. The number of rotatable bonds is 4. The Morgan fingerprint density at radius 2 is 1.85 bits per heavy atom. The summed E-state index contributed by atoms with van der Waals surface area (Å²) in [5, 5.41) is 11.9. The zero-order valence-corrected chi connectivity index (χ0v) is 15.0. The third-order valence-electron chi connectivity index (χ3n) is 5.14. The summed E-state index contributed by atoms with van der Waals surface area (Å²) < 4.78 is 5.10. The Bertz CT molecular complexity index is 885. The number of fused-ring (bicyclic) bond motifs is 1. The van der Waals surface area contributed by atoms with Crippen LogP contribution in [-0.4, -0.2) is 47.1 Å². The van der Waals surface area contributed by atoms with Crippen LogP contribution in [0.15, 0.2) is 48.5 Å². The van der Waals surface area contributed by atoms with Gasteiger partial charge in [0.25, 0.3) is 5.91 Å². The first-order valence-electron chi connectivity index (χ1n) is 8.67. The predicted molar refractivity (Wildman–Crippen MR) is 95.5 cm³/mol. The average molecular weight is 368 g/mol. The van der Waals surface area contributed by atoms with Gasteiger partial charge in [0.15, 0.2) is 17.6 Å². The average Bonchev–Trinajstić information content (AvgIpc) is 3.14. The molecular weight excluding hydrogens is 348 g/mol. The van der Waals surface area contributed by atoms with Gasteiger partial charge in [0.05, 0.1) is 19.1 Å². The summed E-state index contributed by atoms with van der Waals surface area (Å²) in [6, 6.07) is 14.2. The van der Waals surface area contributed by atoms with Crippen LogP contribution < -0.4 is 4.74 Å². The number of phenolic OH excluding ortho intramolecular Hbond substituents is 1. The minimum absolute atomic E-state index is 0.0248. The number of imide groups is 1. The van der Waals surface area contributed by atoms with Crippen LogP contribution in [-0.2, 0) is 21.0 Å². The Kier molecular flexibility index (Phi) is 4.33. The van der Waals surface area contributed by atoms with Gasteiger partial charge in [0.2, 0.25) is 5.91 Å². The summed E-state index contributed by atoms with van der Waals surface area (Å²) in [5.41, 5.74) is 1.68. The molecule has 2 aromatic rings. The third kappa shape index (κ3) is 2.85. The number of likely N-dealkylation sites (tertiary alicyclic amines) is 1. The van der Waals surface area contributed by atoms with Crippen LogP contribution in [0.25, 0.3) is 0 Å². The molecule has 7 heteroatoms. The van der Waals surface area contributed by atoms with Crippen molar-refractivity contribution in [3.8, 4) is 11.5 Å². The molecule has 2 saturated heterocycles. The first kappa shape index (κ1) is 17.5. The number of nitrogens with zero attached hydrogens (tertiary/aromatic N) is 2. The van der Waals surface area contributed by atoms with E-state index in [1.54, 1.807) is 23.3 Å². The predicted octanol–water partition coefficient (Wildman–Crippen LogP) is 1.87. The maximum Gasteiger partial charge on any atom is 0.261 e. The quantitative estimate of drug-likeness (QED) is 0.830. The maximum atomic E-state index is 12.7. The van der Waals surface area contributed by atoms with E-state index in [9.17, 15) is 14.7 Å². The van der Waals surface area contributed by atoms with Gasteiger partial charge in [-0.2, -0.15) is 5.06 Å². The fourth-order valence-electron chi connectivity index (χ4n) is 3.77. The smallest absolute Gasteiger partial charge is 0.261 e. The molecule has 0 aliphatic carbocycles. The number of carbonyl (C=O) groups excluding carboxylic acids is 2. The van der Waals surface area contributed by atoms with Gasteiger partial charge in [-0.25, -0.2) is 0 Å². The maximum absolute atomic E-state index is 12.7. The summed E-state index contributed by atoms with van der Waals surface area (Å²) in [6.07, 6.45) is -0.847. The van der Waals surface area contributed by atoms with E-state index in [4.69, 9.17) is 9.57 Å². The summed E-state index contributed by atoms with van der Waals surface area (Å²) in [4.78, 5) is 32.2. The van der Waals surface area contributed by atoms with E-state index < -0.39 is 18.1 Å². The van der Waals surface area contributed by atoms with Gasteiger partial charge in [0.1, 0.15) is 0 Å². The molecule has 0 radical (unpaired) electrons. The molecule has 27 heavy (non-hydrogen) atoms. The van der Waals surface area contributed by atoms with E-state index in [1.165, 1.54) is 14.2 Å². The van der Waals surface area contributed by atoms with Crippen molar-refractivity contribution in [3.05, 3.63) is 59.7 Å². The number of hydrogen-bond acceptors (Lipinski definition) is 6. The summed E-state index contributed by atoms with van der Waals surface area (Å²) in [5.74, 6) is -0.957. The van der Waals surface area contributed by atoms with Crippen molar-refractivity contribution in [1.29, 1.82) is 0 Å². The highest BCUT2D eigenvalue weighted by molar-refractivity contribution is 6.07. The second-order valence-corrected chi connectivity index (χ2v) is 6.72. The van der Waals surface area contributed by atoms with E-state index in [-0.39, 0.29) is 17.6 Å². The van der Waals surface area contributed by atoms with E-state index >= 15 is 0 Å². The zero-order valence-electron chi connectivity index (χ0n) is 15.0. The molecule has 4 rings (SSSR count). The number of methoxy groups -OCH3 is 1. The Labute approximate surface area is 156 Å². The number of hydrogen-bond donors (Lipinski definition) is 1. The fourth-order valence-corrected chi connectivity index (χ4v) is 3.77. The Morgan fingerprint density at radius 1 is 1.11 bits per heavy atom. The highest BCUT2D eigenvalue weighted by atomic mass is 16.7. The van der Waals surface area contributed by atoms with Gasteiger partial charge in [0, 0.05) is 13.6 Å². The van der Waals surface area contributed by atoms with E-state index in [1.807, 2.05) is 30.3 Å². The van der Waals surface area contributed by atoms with Crippen LogP contribution in [0.3, 0.4) is 0 Å². The third-order valence-corrected chi connectivity index (χ3v) is 5.14. The molecule has 2 amide bonds. The number of amides is 2. The van der Waals surface area contributed by atoms with Crippen molar-refractivity contribution < 1.29 is 24.3 Å². The lowest BCUT2D eigenvalue weighted by atomic mass is 9.90. The first-order valence-corrected chi connectivity index (χ1v) is 8.67. The number of ether oxygens (including phenoxy) is 1. The van der Waals surface area contributed by atoms with Crippen LogP contribution in [0.4, 0.5) is 0 Å². The Balaban J connectivity index is 1.73. The molecule has 2 heterocycles. The van der Waals surface area contributed by atoms with Crippen LogP contribution in [0.1, 0.15) is 17.2 Å². The first-order chi connectivity index (χ1) is 13.0. The summed E-state index contributed by atoms with van der Waals surface area (Å²) >= 11 is 0. The second-order valence-electron chi connectivity index (χ2n) is 6.72. The fraction of sp³-hybridized carbons (Fsp3) is 0.300. The molecule has 140 valence electrons. The molecule has 0 spiro atoms. The SMILES string of the molecule is COc1ccc(C2C3C(=O)N(C)C(=O)C3ON2Cc2ccccc2)cc1O. The number of phenols is 1. The molecular formula is C20H20N2O5. The largest absolute Gasteiger partial charge is 0.504 e. The van der Waals surface area contributed by atoms with Gasteiger partial charge in [-0.3, -0.25) is 19.3 Å². The monoisotopic (exact) mass is 368 g/mol. The van der Waals surface area contributed by atoms with Crippen molar-refractivity contribution in [2.24, 2.45) is 5.92 Å². The van der Waals surface area contributed by atoms with Gasteiger partial charge >= 0.3 is 0 Å². The molecule has 3 atom stereocenters. The number of aromatic hydroxyl groups is 1. The number of benzene rings is 2. The molecule has 0 aromatic heterocycles. The summed E-state index contributed by atoms with van der Waals surface area (Å²) in [7, 11) is 2.94. The molecule has 1 N–H and O–H groups in total. The molecule has 3 unspecified atom stereocenters. The lowest BCUT2D eigenvalue weighted by molar-refractivity contribution is -0.183. The van der Waals surface area contributed by atoms with E-state index in [0.717, 1.165) is 10.5 Å². The molecule has 2 aromatic carbocycles. The lowest BCUT2D eigenvalue weighted by Gasteiger charge is -2.26. The van der Waals surface area contributed by atoms with Crippen LogP contribution in [0.5, 0.6) is 11.5 Å². The topological polar surface area (TPSA) is 79.3 Å². The molecule has 0 saturated carbocycles. The van der Waals surface area contributed by atoms with Crippen molar-refractivity contribution >= 4 is 11.8 Å². The molecule has 2 fully saturated rings. The van der Waals surface area contributed by atoms with Gasteiger partial charge in [-0.05, 0) is 23.3 Å². The molecule has 7 nitrogen and oxygen atoms in total. The lowest BCUT2D eigenvalue weighted by Crippen LogP contribution is -2.34. The Hall–Kier alpha value is -2.90. The highest BCUT2D eigenvalue weighted by Crippen LogP contribution is 2.46. The molecule has 2 aliphatic heterocycles. The van der Waals surface area contributed by atoms with Crippen molar-refractivity contribution in [2.45, 2.75) is 18.7 Å². The van der Waals surface area contributed by atoms with Crippen molar-refractivity contribution in [1.82, 2.24) is 9.96 Å². The highest BCUT2D eigenvalue weighted by Gasteiger charge is 2.58.